The molecule has 4 nitrogen and oxygen atoms in total. The number of carbonyl (C=O) groups excluding carboxylic acids is 1. The lowest BCUT2D eigenvalue weighted by atomic mass is 10.0. The summed E-state index contributed by atoms with van der Waals surface area (Å²) >= 11 is 3.48. The van der Waals surface area contributed by atoms with Crippen LogP contribution in [-0.4, -0.2) is 26.7 Å². The number of halogens is 1. The highest BCUT2D eigenvalue weighted by atomic mass is 79.9. The van der Waals surface area contributed by atoms with Gasteiger partial charge in [-0.1, -0.05) is 53.2 Å². The molecule has 24 heavy (non-hydrogen) atoms. The van der Waals surface area contributed by atoms with Crippen LogP contribution in [0.3, 0.4) is 0 Å². The van der Waals surface area contributed by atoms with Gasteiger partial charge in [-0.3, -0.25) is 4.79 Å². The van der Waals surface area contributed by atoms with Crippen LogP contribution in [0, 0.1) is 0 Å². The third kappa shape index (κ3) is 4.74. The van der Waals surface area contributed by atoms with Crippen LogP contribution in [0.1, 0.15) is 24.0 Å². The van der Waals surface area contributed by atoms with Gasteiger partial charge in [0.05, 0.1) is 20.6 Å². The Morgan fingerprint density at radius 1 is 1.12 bits per heavy atom. The van der Waals surface area contributed by atoms with E-state index < -0.39 is 0 Å². The molecule has 1 N–H and O–H groups in total. The van der Waals surface area contributed by atoms with Gasteiger partial charge in [-0.25, -0.2) is 0 Å². The highest BCUT2D eigenvalue weighted by Crippen LogP contribution is 2.33. The van der Waals surface area contributed by atoms with Gasteiger partial charge in [0.2, 0.25) is 5.91 Å². The molecule has 128 valence electrons. The smallest absolute Gasteiger partial charge is 0.224 e. The third-order valence-electron chi connectivity index (χ3n) is 3.88. The van der Waals surface area contributed by atoms with Crippen LogP contribution in [0.5, 0.6) is 11.5 Å². The predicted molar refractivity (Wildman–Crippen MR) is 98.8 cm³/mol. The molecular formula is C19H22BrNO3. The summed E-state index contributed by atoms with van der Waals surface area (Å²) in [5.74, 6) is 1.49. The van der Waals surface area contributed by atoms with Gasteiger partial charge in [0.25, 0.3) is 0 Å². The monoisotopic (exact) mass is 391 g/mol. The second kappa shape index (κ2) is 8.73. The molecular weight excluding hydrogens is 370 g/mol. The predicted octanol–water partition coefficient (Wildman–Crippen LogP) is 3.93. The van der Waals surface area contributed by atoms with E-state index in [4.69, 9.17) is 9.47 Å². The van der Waals surface area contributed by atoms with Gasteiger partial charge in [0.15, 0.2) is 11.5 Å². The summed E-state index contributed by atoms with van der Waals surface area (Å²) in [6.45, 7) is 2.70. The standard InChI is InChI=1S/C19H22BrNO3/c1-13(14-7-5-4-6-8-14)12-21-19(22)10-15-9-17(23-2)18(24-3)11-16(15)20/h4-9,11,13H,10,12H2,1-3H3,(H,21,22)/t13-/m0/s1. The van der Waals surface area contributed by atoms with Gasteiger partial charge in [0, 0.05) is 11.0 Å². The van der Waals surface area contributed by atoms with Crippen LogP contribution in [0.4, 0.5) is 0 Å². The van der Waals surface area contributed by atoms with Crippen molar-refractivity contribution in [2.75, 3.05) is 20.8 Å². The van der Waals surface area contributed by atoms with Crippen LogP contribution in [-0.2, 0) is 11.2 Å². The molecule has 1 atom stereocenters. The first-order valence-electron chi connectivity index (χ1n) is 7.77. The number of amides is 1. The van der Waals surface area contributed by atoms with Crippen LogP contribution in [0.15, 0.2) is 46.9 Å². The summed E-state index contributed by atoms with van der Waals surface area (Å²) < 4.78 is 11.4. The van der Waals surface area contributed by atoms with Gasteiger partial charge in [-0.15, -0.1) is 0 Å². The molecule has 0 heterocycles. The van der Waals surface area contributed by atoms with E-state index in [9.17, 15) is 4.79 Å². The van der Waals surface area contributed by atoms with Crippen LogP contribution in [0.25, 0.3) is 0 Å². The lowest BCUT2D eigenvalue weighted by molar-refractivity contribution is -0.120. The first-order chi connectivity index (χ1) is 11.5. The maximum atomic E-state index is 12.3. The molecule has 0 radical (unpaired) electrons. The fraction of sp³-hybridized carbons (Fsp3) is 0.316. The lowest BCUT2D eigenvalue weighted by Crippen LogP contribution is -2.29. The Kier molecular flexibility index (Phi) is 6.67. The maximum Gasteiger partial charge on any atom is 0.224 e. The number of hydrogen-bond acceptors (Lipinski definition) is 3. The Bertz CT molecular complexity index is 689. The number of hydrogen-bond donors (Lipinski definition) is 1. The topological polar surface area (TPSA) is 47.6 Å². The molecule has 0 unspecified atom stereocenters. The average molecular weight is 392 g/mol. The zero-order valence-electron chi connectivity index (χ0n) is 14.1. The van der Waals surface area contributed by atoms with E-state index in [0.717, 1.165) is 10.0 Å². The molecule has 2 aromatic rings. The summed E-state index contributed by atoms with van der Waals surface area (Å²) in [5.41, 5.74) is 2.07. The van der Waals surface area contributed by atoms with E-state index in [-0.39, 0.29) is 18.2 Å². The minimum Gasteiger partial charge on any atom is -0.493 e. The number of nitrogens with one attached hydrogen (secondary N) is 1. The summed E-state index contributed by atoms with van der Waals surface area (Å²) in [5, 5.41) is 2.99. The fourth-order valence-corrected chi connectivity index (χ4v) is 2.90. The summed E-state index contributed by atoms with van der Waals surface area (Å²) in [6.07, 6.45) is 0.280. The van der Waals surface area contributed by atoms with E-state index >= 15 is 0 Å². The van der Waals surface area contributed by atoms with Crippen molar-refractivity contribution in [1.82, 2.24) is 5.32 Å². The van der Waals surface area contributed by atoms with Gasteiger partial charge in [-0.05, 0) is 29.2 Å². The Morgan fingerprint density at radius 2 is 1.75 bits per heavy atom. The van der Waals surface area contributed by atoms with Crippen molar-refractivity contribution < 1.29 is 14.3 Å². The van der Waals surface area contributed by atoms with Crippen molar-refractivity contribution in [3.05, 3.63) is 58.1 Å². The van der Waals surface area contributed by atoms with Crippen molar-refractivity contribution in [3.63, 3.8) is 0 Å². The van der Waals surface area contributed by atoms with Gasteiger partial charge in [0.1, 0.15) is 0 Å². The molecule has 0 aliphatic rings. The number of rotatable bonds is 7. The fourth-order valence-electron chi connectivity index (χ4n) is 2.43. The molecule has 0 aliphatic carbocycles. The first-order valence-corrected chi connectivity index (χ1v) is 8.56. The normalized spacial score (nSPS) is 11.7. The van der Waals surface area contributed by atoms with E-state index in [2.05, 4.69) is 40.3 Å². The molecule has 2 rings (SSSR count). The Morgan fingerprint density at radius 3 is 2.38 bits per heavy atom. The Balaban J connectivity index is 1.97. The summed E-state index contributed by atoms with van der Waals surface area (Å²) in [7, 11) is 3.17. The number of methoxy groups -OCH3 is 2. The molecule has 5 heteroatoms. The van der Waals surface area contributed by atoms with Crippen molar-refractivity contribution >= 4 is 21.8 Å². The van der Waals surface area contributed by atoms with Crippen LogP contribution < -0.4 is 14.8 Å². The van der Waals surface area contributed by atoms with Crippen molar-refractivity contribution in [1.29, 1.82) is 0 Å². The molecule has 0 aliphatic heterocycles. The number of ether oxygens (including phenoxy) is 2. The van der Waals surface area contributed by atoms with E-state index in [1.807, 2.05) is 30.3 Å². The minimum absolute atomic E-state index is 0.0225. The maximum absolute atomic E-state index is 12.3. The van der Waals surface area contributed by atoms with Crippen molar-refractivity contribution in [3.8, 4) is 11.5 Å². The van der Waals surface area contributed by atoms with E-state index in [0.29, 0.717) is 18.0 Å². The Hall–Kier alpha value is -2.01. The van der Waals surface area contributed by atoms with Crippen LogP contribution in [0.2, 0.25) is 0 Å². The quantitative estimate of drug-likeness (QED) is 0.777. The van der Waals surface area contributed by atoms with Gasteiger partial charge in [-0.2, -0.15) is 0 Å². The molecule has 0 fully saturated rings. The average Bonchev–Trinajstić information content (AvgIpc) is 2.61. The largest absolute Gasteiger partial charge is 0.493 e. The highest BCUT2D eigenvalue weighted by molar-refractivity contribution is 9.10. The second-order valence-electron chi connectivity index (χ2n) is 5.59. The van der Waals surface area contributed by atoms with E-state index in [1.165, 1.54) is 5.56 Å². The lowest BCUT2D eigenvalue weighted by Gasteiger charge is -2.14. The molecule has 0 saturated carbocycles. The summed E-state index contributed by atoms with van der Waals surface area (Å²) in [6, 6.07) is 13.8. The van der Waals surface area contributed by atoms with Crippen LogP contribution >= 0.6 is 15.9 Å². The minimum atomic E-state index is -0.0225. The Labute approximate surface area is 151 Å². The van der Waals surface area contributed by atoms with Crippen molar-refractivity contribution in [2.45, 2.75) is 19.3 Å². The van der Waals surface area contributed by atoms with E-state index in [1.54, 1.807) is 14.2 Å². The third-order valence-corrected chi connectivity index (χ3v) is 4.62. The zero-order chi connectivity index (χ0) is 17.5. The number of carbonyl (C=O) groups is 1. The highest BCUT2D eigenvalue weighted by Gasteiger charge is 2.13. The SMILES string of the molecule is COc1cc(Br)c(CC(=O)NC[C@H](C)c2ccccc2)cc1OC. The number of benzene rings is 2. The molecule has 0 saturated heterocycles. The summed E-state index contributed by atoms with van der Waals surface area (Å²) in [4.78, 5) is 12.3. The van der Waals surface area contributed by atoms with Gasteiger partial charge >= 0.3 is 0 Å². The molecule has 0 spiro atoms. The van der Waals surface area contributed by atoms with Crippen molar-refractivity contribution in [2.24, 2.45) is 0 Å². The first kappa shape index (κ1) is 18.3. The van der Waals surface area contributed by atoms with Gasteiger partial charge < -0.3 is 14.8 Å². The zero-order valence-corrected chi connectivity index (χ0v) is 15.7. The molecule has 1 amide bonds. The molecule has 2 aromatic carbocycles. The second-order valence-corrected chi connectivity index (χ2v) is 6.45. The molecule has 0 bridgehead atoms. The molecule has 0 aromatic heterocycles.